The van der Waals surface area contributed by atoms with Crippen molar-refractivity contribution < 1.29 is 18.7 Å². The molecule has 1 aliphatic heterocycles. The number of amides is 1. The van der Waals surface area contributed by atoms with Gasteiger partial charge in [-0.1, -0.05) is 18.2 Å². The Balaban J connectivity index is 1.29. The molecule has 0 saturated carbocycles. The molecule has 33 heavy (non-hydrogen) atoms. The summed E-state index contributed by atoms with van der Waals surface area (Å²) in [6, 6.07) is 17.2. The summed E-state index contributed by atoms with van der Waals surface area (Å²) in [5.74, 6) is 2.33. The Bertz CT molecular complexity index is 1040. The first-order chi connectivity index (χ1) is 16.2. The minimum Gasteiger partial charge on any atom is -0.487 e. The maximum Gasteiger partial charge on any atom is 0.244 e. The number of nitrogens with one attached hydrogen (secondary N) is 1. The van der Waals surface area contributed by atoms with Gasteiger partial charge < -0.3 is 19.2 Å². The van der Waals surface area contributed by atoms with Crippen molar-refractivity contribution in [2.24, 2.45) is 0 Å². The number of furan rings is 1. The van der Waals surface area contributed by atoms with Gasteiger partial charge in [-0.05, 0) is 55.0 Å². The van der Waals surface area contributed by atoms with Crippen molar-refractivity contribution in [2.75, 3.05) is 32.8 Å². The van der Waals surface area contributed by atoms with Crippen molar-refractivity contribution in [1.82, 2.24) is 15.2 Å². The molecular formula is C26H29N3O4. The van der Waals surface area contributed by atoms with Crippen LogP contribution in [0.4, 0.5) is 0 Å². The zero-order valence-corrected chi connectivity index (χ0v) is 18.8. The summed E-state index contributed by atoms with van der Waals surface area (Å²) in [5, 5.41) is 3.01. The van der Waals surface area contributed by atoms with Gasteiger partial charge in [-0.25, -0.2) is 0 Å². The molecule has 1 N–H and O–H groups in total. The third-order valence-electron chi connectivity index (χ3n) is 5.47. The number of carbonyl (C=O) groups is 1. The first-order valence-electron chi connectivity index (χ1n) is 11.1. The van der Waals surface area contributed by atoms with E-state index in [0.29, 0.717) is 26.4 Å². The molecule has 1 amide bonds. The number of morpholine rings is 1. The second kappa shape index (κ2) is 11.4. The summed E-state index contributed by atoms with van der Waals surface area (Å²) in [7, 11) is 0. The van der Waals surface area contributed by atoms with Crippen LogP contribution in [0.1, 0.15) is 28.8 Å². The van der Waals surface area contributed by atoms with Gasteiger partial charge in [0, 0.05) is 31.9 Å². The molecule has 0 radical (unpaired) electrons. The van der Waals surface area contributed by atoms with Crippen LogP contribution >= 0.6 is 0 Å². The van der Waals surface area contributed by atoms with Gasteiger partial charge in [0.25, 0.3) is 0 Å². The molecule has 172 valence electrons. The van der Waals surface area contributed by atoms with Crippen LogP contribution in [0, 0.1) is 6.92 Å². The SMILES string of the molecule is Cc1ccc(C(CNC(=O)/C=C/c2ccc(OCc3ccccn3)cc2)N2CCOCC2)o1. The Morgan fingerprint density at radius 2 is 1.97 bits per heavy atom. The van der Waals surface area contributed by atoms with E-state index < -0.39 is 0 Å². The van der Waals surface area contributed by atoms with Crippen molar-refractivity contribution >= 4 is 12.0 Å². The van der Waals surface area contributed by atoms with E-state index in [1.807, 2.05) is 61.5 Å². The van der Waals surface area contributed by atoms with E-state index in [2.05, 4.69) is 15.2 Å². The van der Waals surface area contributed by atoms with Gasteiger partial charge in [0.05, 0.1) is 24.9 Å². The van der Waals surface area contributed by atoms with E-state index in [4.69, 9.17) is 13.9 Å². The fourth-order valence-electron chi connectivity index (χ4n) is 3.68. The highest BCUT2D eigenvalue weighted by Crippen LogP contribution is 2.23. The molecule has 3 aromatic rings. The quantitative estimate of drug-likeness (QED) is 0.504. The van der Waals surface area contributed by atoms with Gasteiger partial charge in [0.2, 0.25) is 5.91 Å². The van der Waals surface area contributed by atoms with E-state index in [1.165, 1.54) is 0 Å². The van der Waals surface area contributed by atoms with E-state index in [-0.39, 0.29) is 11.9 Å². The predicted molar refractivity (Wildman–Crippen MR) is 126 cm³/mol. The number of benzene rings is 1. The van der Waals surface area contributed by atoms with Crippen molar-refractivity contribution in [3.05, 3.63) is 89.6 Å². The lowest BCUT2D eigenvalue weighted by Gasteiger charge is -2.33. The van der Waals surface area contributed by atoms with Gasteiger partial charge in [-0.2, -0.15) is 0 Å². The number of rotatable bonds is 9. The summed E-state index contributed by atoms with van der Waals surface area (Å²) in [6.07, 6.45) is 5.09. The molecule has 2 aromatic heterocycles. The van der Waals surface area contributed by atoms with Gasteiger partial charge in [0.15, 0.2) is 0 Å². The molecule has 1 aromatic carbocycles. The molecule has 0 aliphatic carbocycles. The Labute approximate surface area is 194 Å². The fourth-order valence-corrected chi connectivity index (χ4v) is 3.68. The Morgan fingerprint density at radius 1 is 1.15 bits per heavy atom. The minimum atomic E-state index is -0.146. The molecule has 1 atom stereocenters. The first kappa shape index (κ1) is 22.8. The zero-order chi connectivity index (χ0) is 22.9. The summed E-state index contributed by atoms with van der Waals surface area (Å²) in [5.41, 5.74) is 1.79. The fraction of sp³-hybridized carbons (Fsp3) is 0.308. The van der Waals surface area contributed by atoms with Crippen LogP contribution in [0.2, 0.25) is 0 Å². The number of aryl methyl sites for hydroxylation is 1. The lowest BCUT2D eigenvalue weighted by Crippen LogP contribution is -2.43. The van der Waals surface area contributed by atoms with Crippen LogP contribution in [0.3, 0.4) is 0 Å². The van der Waals surface area contributed by atoms with Crippen LogP contribution in [0.15, 0.2) is 71.3 Å². The smallest absolute Gasteiger partial charge is 0.244 e. The predicted octanol–water partition coefficient (Wildman–Crippen LogP) is 3.76. The largest absolute Gasteiger partial charge is 0.487 e. The number of carbonyl (C=O) groups excluding carboxylic acids is 1. The van der Waals surface area contributed by atoms with E-state index in [9.17, 15) is 4.79 Å². The number of aromatic nitrogens is 1. The summed E-state index contributed by atoms with van der Waals surface area (Å²) in [4.78, 5) is 19.0. The molecule has 7 nitrogen and oxygen atoms in total. The number of nitrogens with zero attached hydrogens (tertiary/aromatic N) is 2. The number of hydrogen-bond acceptors (Lipinski definition) is 6. The second-order valence-corrected chi connectivity index (χ2v) is 7.87. The van der Waals surface area contributed by atoms with Crippen molar-refractivity contribution in [1.29, 1.82) is 0 Å². The summed E-state index contributed by atoms with van der Waals surface area (Å²) >= 11 is 0. The molecule has 3 heterocycles. The lowest BCUT2D eigenvalue weighted by atomic mass is 10.1. The summed E-state index contributed by atoms with van der Waals surface area (Å²) in [6.45, 7) is 5.80. The average Bonchev–Trinajstić information content (AvgIpc) is 3.29. The highest BCUT2D eigenvalue weighted by molar-refractivity contribution is 5.91. The van der Waals surface area contributed by atoms with Crippen LogP contribution in [-0.4, -0.2) is 48.6 Å². The third-order valence-corrected chi connectivity index (χ3v) is 5.47. The van der Waals surface area contributed by atoms with Crippen molar-refractivity contribution in [3.8, 4) is 5.75 Å². The van der Waals surface area contributed by atoms with Gasteiger partial charge >= 0.3 is 0 Å². The molecular weight excluding hydrogens is 418 g/mol. The van der Waals surface area contributed by atoms with Crippen molar-refractivity contribution in [2.45, 2.75) is 19.6 Å². The van der Waals surface area contributed by atoms with Gasteiger partial charge in [-0.15, -0.1) is 0 Å². The normalized spacial score (nSPS) is 15.4. The molecule has 0 spiro atoms. The van der Waals surface area contributed by atoms with Gasteiger partial charge in [0.1, 0.15) is 23.9 Å². The van der Waals surface area contributed by atoms with Crippen LogP contribution in [-0.2, 0) is 16.1 Å². The Hall–Kier alpha value is -3.42. The lowest BCUT2D eigenvalue weighted by molar-refractivity contribution is -0.116. The van der Waals surface area contributed by atoms with E-state index in [1.54, 1.807) is 18.3 Å². The standard InChI is InChI=1S/C26H29N3O4/c1-20-5-11-25(33-20)24(29-14-16-31-17-15-29)18-28-26(30)12-8-21-6-9-23(10-7-21)32-19-22-4-2-3-13-27-22/h2-13,24H,14-19H2,1H3,(H,28,30)/b12-8+. The van der Waals surface area contributed by atoms with Crippen molar-refractivity contribution in [3.63, 3.8) is 0 Å². The summed E-state index contributed by atoms with van der Waals surface area (Å²) < 4.78 is 17.1. The monoisotopic (exact) mass is 447 g/mol. The van der Waals surface area contributed by atoms with E-state index >= 15 is 0 Å². The van der Waals surface area contributed by atoms with E-state index in [0.717, 1.165) is 41.6 Å². The molecule has 1 aliphatic rings. The van der Waals surface area contributed by atoms with Crippen LogP contribution < -0.4 is 10.1 Å². The Morgan fingerprint density at radius 3 is 2.67 bits per heavy atom. The van der Waals surface area contributed by atoms with Crippen LogP contribution in [0.25, 0.3) is 6.08 Å². The maximum absolute atomic E-state index is 12.5. The number of hydrogen-bond donors (Lipinski definition) is 1. The topological polar surface area (TPSA) is 76.8 Å². The molecule has 1 unspecified atom stereocenters. The maximum atomic E-state index is 12.5. The molecule has 7 heteroatoms. The highest BCUT2D eigenvalue weighted by atomic mass is 16.5. The molecule has 1 fully saturated rings. The molecule has 0 bridgehead atoms. The number of ether oxygens (including phenoxy) is 2. The average molecular weight is 448 g/mol. The number of pyridine rings is 1. The zero-order valence-electron chi connectivity index (χ0n) is 18.8. The molecule has 4 rings (SSSR count). The molecule has 1 saturated heterocycles. The van der Waals surface area contributed by atoms with Gasteiger partial charge in [-0.3, -0.25) is 14.7 Å². The first-order valence-corrected chi connectivity index (χ1v) is 11.1. The minimum absolute atomic E-state index is 0.0181. The Kier molecular flexibility index (Phi) is 7.90. The third kappa shape index (κ3) is 6.78. The van der Waals surface area contributed by atoms with Crippen LogP contribution in [0.5, 0.6) is 5.75 Å². The second-order valence-electron chi connectivity index (χ2n) is 7.87. The highest BCUT2D eigenvalue weighted by Gasteiger charge is 2.25.